The number of esters is 1. The molecule has 0 saturated heterocycles. The Balaban J connectivity index is 1.91. The lowest BCUT2D eigenvalue weighted by Gasteiger charge is -2.11. The molecule has 0 aliphatic heterocycles. The Labute approximate surface area is 161 Å². The minimum atomic E-state index is -0.442. The van der Waals surface area contributed by atoms with E-state index in [9.17, 15) is 9.59 Å². The van der Waals surface area contributed by atoms with E-state index < -0.39 is 5.97 Å². The van der Waals surface area contributed by atoms with E-state index in [0.717, 1.165) is 12.8 Å². The summed E-state index contributed by atoms with van der Waals surface area (Å²) in [5.41, 5.74) is 1.71. The third kappa shape index (κ3) is 3.78. The first-order chi connectivity index (χ1) is 13.0. The minimum absolute atomic E-state index is 0.229. The van der Waals surface area contributed by atoms with Gasteiger partial charge in [-0.25, -0.2) is 9.78 Å². The highest BCUT2D eigenvalue weighted by Gasteiger charge is 2.20. The summed E-state index contributed by atoms with van der Waals surface area (Å²) in [6, 6.07) is 4.25. The molecule has 0 aliphatic carbocycles. The van der Waals surface area contributed by atoms with Crippen LogP contribution < -0.4 is 10.1 Å². The van der Waals surface area contributed by atoms with Crippen molar-refractivity contribution < 1.29 is 14.1 Å². The first-order valence-electron chi connectivity index (χ1n) is 9.08. The maximum absolute atomic E-state index is 12.5. The Morgan fingerprint density at radius 1 is 1.30 bits per heavy atom. The van der Waals surface area contributed by atoms with E-state index in [0.29, 0.717) is 38.9 Å². The lowest BCUT2D eigenvalue weighted by atomic mass is 9.95. The van der Waals surface area contributed by atoms with Gasteiger partial charge < -0.3 is 9.72 Å². The molecule has 0 fully saturated rings. The summed E-state index contributed by atoms with van der Waals surface area (Å²) >= 11 is 1.19. The molecule has 3 aromatic heterocycles. The molecule has 0 amide bonds. The van der Waals surface area contributed by atoms with Crippen molar-refractivity contribution in [2.45, 2.75) is 46.1 Å². The van der Waals surface area contributed by atoms with E-state index in [1.165, 1.54) is 24.0 Å². The number of rotatable bonds is 6. The molecule has 3 aromatic rings. The number of ether oxygens (including phenoxy) is 1. The first-order valence-corrected chi connectivity index (χ1v) is 9.89. The fraction of sp³-hybridized carbons (Fsp3) is 0.400. The van der Waals surface area contributed by atoms with Gasteiger partial charge in [0.2, 0.25) is 6.54 Å². The maximum atomic E-state index is 12.5. The van der Waals surface area contributed by atoms with Gasteiger partial charge in [-0.1, -0.05) is 13.8 Å². The Morgan fingerprint density at radius 2 is 1.96 bits per heavy atom. The molecule has 6 nitrogen and oxygen atoms in total. The topological polar surface area (TPSA) is 75.9 Å². The summed E-state index contributed by atoms with van der Waals surface area (Å²) in [5.74, 6) is 0.688. The van der Waals surface area contributed by atoms with Crippen LogP contribution in [-0.2, 0) is 11.3 Å². The van der Waals surface area contributed by atoms with E-state index in [1.54, 1.807) is 6.92 Å². The van der Waals surface area contributed by atoms with Crippen molar-refractivity contribution in [2.75, 3.05) is 7.11 Å². The molecule has 1 N–H and O–H groups in total. The van der Waals surface area contributed by atoms with Gasteiger partial charge in [-0.2, -0.15) is 4.57 Å². The molecule has 3 rings (SSSR count). The molecule has 0 aromatic carbocycles. The normalized spacial score (nSPS) is 11.3. The van der Waals surface area contributed by atoms with Crippen molar-refractivity contribution >= 4 is 27.5 Å². The molecule has 3 heterocycles. The average Bonchev–Trinajstić information content (AvgIpc) is 3.00. The number of methoxy groups -OCH3 is 1. The van der Waals surface area contributed by atoms with Gasteiger partial charge in [0, 0.05) is 12.1 Å². The van der Waals surface area contributed by atoms with Gasteiger partial charge in [0.25, 0.3) is 5.56 Å². The smallest absolute Gasteiger partial charge is 0.348 e. The zero-order valence-corrected chi connectivity index (χ0v) is 16.9. The lowest BCUT2D eigenvalue weighted by molar-refractivity contribution is -0.689. The van der Waals surface area contributed by atoms with Crippen LogP contribution in [0.25, 0.3) is 10.2 Å². The second-order valence-electron chi connectivity index (χ2n) is 6.56. The second-order valence-corrected chi connectivity index (χ2v) is 7.56. The highest BCUT2D eigenvalue weighted by Crippen LogP contribution is 2.27. The number of nitrogens with zero attached hydrogens (tertiary/aromatic N) is 2. The van der Waals surface area contributed by atoms with Crippen LogP contribution in [-0.4, -0.2) is 23.0 Å². The molecule has 142 valence electrons. The first kappa shape index (κ1) is 19.2. The zero-order chi connectivity index (χ0) is 19.6. The summed E-state index contributed by atoms with van der Waals surface area (Å²) in [7, 11) is 1.33. The van der Waals surface area contributed by atoms with Gasteiger partial charge in [-0.15, -0.1) is 11.3 Å². The van der Waals surface area contributed by atoms with E-state index in [2.05, 4.69) is 35.9 Å². The number of aromatic amines is 1. The number of aromatic nitrogens is 3. The number of carbonyl (C=O) groups is 1. The van der Waals surface area contributed by atoms with Crippen LogP contribution in [0.4, 0.5) is 0 Å². The Morgan fingerprint density at radius 3 is 2.56 bits per heavy atom. The van der Waals surface area contributed by atoms with E-state index in [1.807, 2.05) is 17.0 Å². The fourth-order valence-corrected chi connectivity index (χ4v) is 4.45. The fourth-order valence-electron chi connectivity index (χ4n) is 3.33. The molecule has 0 atom stereocenters. The molecule has 27 heavy (non-hydrogen) atoms. The molecule has 7 heteroatoms. The lowest BCUT2D eigenvalue weighted by Crippen LogP contribution is -2.35. The highest BCUT2D eigenvalue weighted by atomic mass is 32.1. The number of aryl methyl sites for hydroxylation is 1. The van der Waals surface area contributed by atoms with Crippen molar-refractivity contribution in [1.82, 2.24) is 9.97 Å². The highest BCUT2D eigenvalue weighted by molar-refractivity contribution is 7.20. The van der Waals surface area contributed by atoms with Crippen molar-refractivity contribution in [1.29, 1.82) is 0 Å². The van der Waals surface area contributed by atoms with Crippen LogP contribution >= 0.6 is 11.3 Å². The van der Waals surface area contributed by atoms with E-state index in [-0.39, 0.29) is 5.56 Å². The van der Waals surface area contributed by atoms with Crippen LogP contribution in [0.2, 0.25) is 0 Å². The summed E-state index contributed by atoms with van der Waals surface area (Å²) in [4.78, 5) is 32.7. The number of hydrogen-bond donors (Lipinski definition) is 1. The van der Waals surface area contributed by atoms with Crippen molar-refractivity contribution in [3.05, 3.63) is 56.7 Å². The average molecular weight is 386 g/mol. The summed E-state index contributed by atoms with van der Waals surface area (Å²) in [5, 5.41) is 0.457. The SMILES string of the molecule is CCC(CC)c1cc[n+](Cc2nc3sc(C(=O)OC)c(C)c3c(=O)[nH]2)cc1. The monoisotopic (exact) mass is 386 g/mol. The van der Waals surface area contributed by atoms with Gasteiger partial charge in [-0.3, -0.25) is 4.79 Å². The number of thiophene rings is 1. The molecular formula is C20H24N3O3S+. The minimum Gasteiger partial charge on any atom is -0.465 e. The predicted molar refractivity (Wildman–Crippen MR) is 105 cm³/mol. The number of carbonyl (C=O) groups excluding carboxylic acids is 1. The molecule has 0 spiro atoms. The van der Waals surface area contributed by atoms with Gasteiger partial charge in [0.1, 0.15) is 9.71 Å². The number of nitrogens with one attached hydrogen (secondary N) is 1. The van der Waals surface area contributed by atoms with Crippen LogP contribution in [0, 0.1) is 6.92 Å². The quantitative estimate of drug-likeness (QED) is 0.521. The van der Waals surface area contributed by atoms with Crippen LogP contribution in [0.15, 0.2) is 29.3 Å². The number of fused-ring (bicyclic) bond motifs is 1. The van der Waals surface area contributed by atoms with Gasteiger partial charge in [0.15, 0.2) is 18.2 Å². The van der Waals surface area contributed by atoms with E-state index >= 15 is 0 Å². The summed E-state index contributed by atoms with van der Waals surface area (Å²) in [6.45, 7) is 6.60. The van der Waals surface area contributed by atoms with Crippen LogP contribution in [0.1, 0.15) is 59.2 Å². The van der Waals surface area contributed by atoms with Crippen molar-refractivity contribution in [3.8, 4) is 0 Å². The van der Waals surface area contributed by atoms with Crippen LogP contribution in [0.5, 0.6) is 0 Å². The second kappa shape index (κ2) is 8.00. The molecule has 0 unspecified atom stereocenters. The van der Waals surface area contributed by atoms with Crippen LogP contribution in [0.3, 0.4) is 0 Å². The van der Waals surface area contributed by atoms with Crippen molar-refractivity contribution in [2.24, 2.45) is 0 Å². The Bertz CT molecular complexity index is 1020. The third-order valence-electron chi connectivity index (χ3n) is 4.93. The standard InChI is InChI=1S/C20H23N3O3S/c1-5-13(6-2)14-7-9-23(10-8-14)11-15-21-18(24)16-12(3)17(20(25)26-4)27-19(16)22-15/h7-10,13H,5-6,11H2,1-4H3/p+1. The van der Waals surface area contributed by atoms with Gasteiger partial charge >= 0.3 is 5.97 Å². The van der Waals surface area contributed by atoms with E-state index in [4.69, 9.17) is 4.74 Å². The molecule has 0 aliphatic rings. The Kier molecular flexibility index (Phi) is 5.70. The largest absolute Gasteiger partial charge is 0.465 e. The summed E-state index contributed by atoms with van der Waals surface area (Å²) in [6.07, 6.45) is 6.26. The molecular weight excluding hydrogens is 362 g/mol. The predicted octanol–water partition coefficient (Wildman–Crippen LogP) is 3.32. The Hall–Kier alpha value is -2.54. The molecule has 0 radical (unpaired) electrons. The van der Waals surface area contributed by atoms with Crippen molar-refractivity contribution in [3.63, 3.8) is 0 Å². The summed E-state index contributed by atoms with van der Waals surface area (Å²) < 4.78 is 6.77. The number of hydrogen-bond acceptors (Lipinski definition) is 5. The van der Waals surface area contributed by atoms with Gasteiger partial charge in [0.05, 0.1) is 12.5 Å². The molecule has 0 saturated carbocycles. The molecule has 0 bridgehead atoms. The number of pyridine rings is 1. The van der Waals surface area contributed by atoms with Gasteiger partial charge in [-0.05, 0) is 36.8 Å². The number of H-pyrrole nitrogens is 1. The maximum Gasteiger partial charge on any atom is 0.348 e. The zero-order valence-electron chi connectivity index (χ0n) is 16.0. The third-order valence-corrected chi connectivity index (χ3v) is 6.09.